The van der Waals surface area contributed by atoms with Gasteiger partial charge < -0.3 is 9.84 Å². The standard InChI is InChI=1S/C41H29Cl2F6N3O6/c1-58-26-9-4-20(5-10-26)39-30(36(55)52(38(39)57)50-32-13-6-23(42)17-31(32)43)18-29-27(34(39)19-2-7-25(53)8-3-19)11-12-28-33(29)37(56)51(35(28)54)24-15-21(40(44,45)46)14-22(16-24)41(47,48)49/h2-11,13-17,28-30,33-34,50,53H,12,18H2,1H3/t28-,29+,30-,33-,34-,39+/m0/s1. The smallest absolute Gasteiger partial charge is 0.416 e. The molecular weight excluding hydrogens is 815 g/mol. The van der Waals surface area contributed by atoms with Crippen LogP contribution in [-0.4, -0.2) is 40.9 Å². The van der Waals surface area contributed by atoms with Crippen molar-refractivity contribution in [2.75, 3.05) is 17.4 Å². The van der Waals surface area contributed by atoms with E-state index >= 15 is 4.79 Å². The van der Waals surface area contributed by atoms with Gasteiger partial charge >= 0.3 is 12.4 Å². The van der Waals surface area contributed by atoms with Crippen LogP contribution in [0, 0.1) is 23.7 Å². The Balaban J connectivity index is 1.30. The second-order valence-electron chi connectivity index (χ2n) is 14.6. The highest BCUT2D eigenvalue weighted by molar-refractivity contribution is 6.36. The quantitative estimate of drug-likeness (QED) is 0.113. The summed E-state index contributed by atoms with van der Waals surface area (Å²) in [6, 6.07) is 17.3. The van der Waals surface area contributed by atoms with Crippen LogP contribution in [-0.2, 0) is 36.9 Å². The first kappa shape index (κ1) is 39.3. The van der Waals surface area contributed by atoms with Gasteiger partial charge in [-0.05, 0) is 90.6 Å². The number of carbonyl (C=O) groups is 4. The number of halogens is 8. The maximum atomic E-state index is 15.3. The number of benzene rings is 4. The number of nitrogens with one attached hydrogen (secondary N) is 1. The molecule has 0 unspecified atom stereocenters. The van der Waals surface area contributed by atoms with Crippen molar-refractivity contribution < 1.29 is 55.4 Å². The molecule has 2 N–H and O–H groups in total. The summed E-state index contributed by atoms with van der Waals surface area (Å²) in [7, 11) is 1.45. The van der Waals surface area contributed by atoms with E-state index in [1.165, 1.54) is 37.4 Å². The lowest BCUT2D eigenvalue weighted by Crippen LogP contribution is -2.53. The number of phenolic OH excluding ortho intramolecular Hbond substituents is 1. The Labute approximate surface area is 335 Å². The number of fused-ring (bicyclic) bond motifs is 4. The van der Waals surface area contributed by atoms with E-state index < -0.39 is 87.8 Å². The SMILES string of the molecule is COc1ccc([C@@]23C(=O)N(Nc4ccc(Cl)cc4Cl)C(=O)[C@@H]2C[C@@H]2C(=CC[C@@H]4C(=O)N(c5cc(C(F)(F)F)cc(C(F)(F)F)c5)C(=O)[C@@H]42)[C@@H]3c2ccc(O)cc2)cc1. The van der Waals surface area contributed by atoms with Crippen molar-refractivity contribution in [2.24, 2.45) is 23.7 Å². The van der Waals surface area contributed by atoms with E-state index in [2.05, 4.69) is 5.43 Å². The predicted molar refractivity (Wildman–Crippen MR) is 198 cm³/mol. The summed E-state index contributed by atoms with van der Waals surface area (Å²) in [6.45, 7) is 0. The number of hydrazine groups is 1. The van der Waals surface area contributed by atoms with Crippen molar-refractivity contribution in [2.45, 2.75) is 36.5 Å². The van der Waals surface area contributed by atoms with E-state index in [1.54, 1.807) is 42.5 Å². The van der Waals surface area contributed by atoms with E-state index in [1.807, 2.05) is 0 Å². The van der Waals surface area contributed by atoms with Crippen LogP contribution in [0.5, 0.6) is 11.5 Å². The normalized spacial score (nSPS) is 25.7. The molecular formula is C41H29Cl2F6N3O6. The Morgan fingerprint density at radius 2 is 1.43 bits per heavy atom. The minimum atomic E-state index is -5.25. The maximum Gasteiger partial charge on any atom is 0.416 e. The number of imide groups is 2. The number of hydrogen-bond acceptors (Lipinski definition) is 7. The number of amides is 4. The Hall–Kier alpha value is -5.54. The minimum absolute atomic E-state index is 0.0780. The Bertz CT molecular complexity index is 2390. The van der Waals surface area contributed by atoms with E-state index in [0.29, 0.717) is 39.5 Å². The van der Waals surface area contributed by atoms with Gasteiger partial charge in [-0.3, -0.25) is 24.6 Å². The van der Waals surface area contributed by atoms with E-state index in [9.17, 15) is 45.8 Å². The van der Waals surface area contributed by atoms with Gasteiger partial charge in [0.1, 0.15) is 11.5 Å². The van der Waals surface area contributed by atoms with E-state index in [0.717, 1.165) is 5.01 Å². The number of rotatable bonds is 6. The molecule has 17 heteroatoms. The van der Waals surface area contributed by atoms with Crippen LogP contribution in [0.2, 0.25) is 10.0 Å². The predicted octanol–water partition coefficient (Wildman–Crippen LogP) is 8.93. The number of ether oxygens (including phenoxy) is 1. The highest BCUT2D eigenvalue weighted by Gasteiger charge is 2.70. The third-order valence-electron chi connectivity index (χ3n) is 11.6. The first-order chi connectivity index (χ1) is 27.4. The number of anilines is 2. The second kappa shape index (κ2) is 13.8. The first-order valence-corrected chi connectivity index (χ1v) is 18.5. The molecule has 1 saturated carbocycles. The molecule has 8 rings (SSSR count). The molecule has 0 aromatic heterocycles. The molecule has 9 nitrogen and oxygen atoms in total. The van der Waals surface area contributed by atoms with Crippen molar-refractivity contribution in [1.82, 2.24) is 5.01 Å². The molecule has 2 aliphatic carbocycles. The van der Waals surface area contributed by atoms with Gasteiger partial charge in [0.05, 0.1) is 57.8 Å². The molecule has 2 heterocycles. The summed E-state index contributed by atoms with van der Waals surface area (Å²) in [5, 5.41) is 11.5. The lowest BCUT2D eigenvalue weighted by atomic mass is 9.49. The molecule has 4 aromatic carbocycles. The van der Waals surface area contributed by atoms with Crippen LogP contribution in [0.15, 0.2) is 96.6 Å². The summed E-state index contributed by atoms with van der Waals surface area (Å²) in [5.41, 5.74) is -1.80. The summed E-state index contributed by atoms with van der Waals surface area (Å²) < 4.78 is 88.9. The number of hydrogen-bond donors (Lipinski definition) is 2. The fourth-order valence-electron chi connectivity index (χ4n) is 9.21. The number of phenols is 1. The topological polar surface area (TPSA) is 116 Å². The Kier molecular flexibility index (Phi) is 9.35. The molecule has 2 aliphatic heterocycles. The molecule has 4 aliphatic rings. The highest BCUT2D eigenvalue weighted by atomic mass is 35.5. The van der Waals surface area contributed by atoms with Crippen molar-refractivity contribution in [3.05, 3.63) is 129 Å². The molecule has 0 spiro atoms. The van der Waals surface area contributed by atoms with Gasteiger partial charge in [-0.2, -0.15) is 31.4 Å². The zero-order chi connectivity index (χ0) is 41.6. The third-order valence-corrected chi connectivity index (χ3v) is 12.2. The van der Waals surface area contributed by atoms with Gasteiger partial charge in [0, 0.05) is 10.9 Å². The zero-order valence-electron chi connectivity index (χ0n) is 29.9. The number of allylic oxidation sites excluding steroid dienone is 2. The summed E-state index contributed by atoms with van der Waals surface area (Å²) >= 11 is 12.6. The number of nitrogens with zero attached hydrogens (tertiary/aromatic N) is 2. The monoisotopic (exact) mass is 843 g/mol. The van der Waals surface area contributed by atoms with E-state index in [-0.39, 0.29) is 40.4 Å². The lowest BCUT2D eigenvalue weighted by molar-refractivity contribution is -0.143. The molecule has 4 amide bonds. The molecule has 58 heavy (non-hydrogen) atoms. The summed E-state index contributed by atoms with van der Waals surface area (Å²) in [6.07, 6.45) is -9.23. The molecule has 2 saturated heterocycles. The van der Waals surface area contributed by atoms with E-state index in [4.69, 9.17) is 27.9 Å². The molecule has 6 atom stereocenters. The first-order valence-electron chi connectivity index (χ1n) is 17.8. The molecule has 3 fully saturated rings. The summed E-state index contributed by atoms with van der Waals surface area (Å²) in [4.78, 5) is 59.1. The van der Waals surface area contributed by atoms with Crippen LogP contribution in [0.3, 0.4) is 0 Å². The number of carbonyl (C=O) groups excluding carboxylic acids is 4. The van der Waals surface area contributed by atoms with Gasteiger partial charge in [0.15, 0.2) is 0 Å². The minimum Gasteiger partial charge on any atom is -0.508 e. The largest absolute Gasteiger partial charge is 0.508 e. The van der Waals surface area contributed by atoms with Crippen LogP contribution < -0.4 is 15.1 Å². The van der Waals surface area contributed by atoms with Crippen molar-refractivity contribution in [3.8, 4) is 11.5 Å². The fraction of sp³-hybridized carbons (Fsp3) is 0.268. The van der Waals surface area contributed by atoms with Crippen molar-refractivity contribution in [1.29, 1.82) is 0 Å². The van der Waals surface area contributed by atoms with Gasteiger partial charge in [-0.25, -0.2) is 4.90 Å². The Morgan fingerprint density at radius 3 is 2.02 bits per heavy atom. The number of methoxy groups -OCH3 is 1. The van der Waals surface area contributed by atoms with Gasteiger partial charge in [0.2, 0.25) is 11.8 Å². The average Bonchev–Trinajstić information content (AvgIpc) is 3.56. The van der Waals surface area contributed by atoms with Crippen LogP contribution >= 0.6 is 23.2 Å². The summed E-state index contributed by atoms with van der Waals surface area (Å²) in [5.74, 6) is -9.05. The van der Waals surface area contributed by atoms with Crippen LogP contribution in [0.25, 0.3) is 0 Å². The van der Waals surface area contributed by atoms with Crippen molar-refractivity contribution in [3.63, 3.8) is 0 Å². The Morgan fingerprint density at radius 1 is 0.793 bits per heavy atom. The highest BCUT2D eigenvalue weighted by Crippen LogP contribution is 2.64. The van der Waals surface area contributed by atoms with Crippen LogP contribution in [0.1, 0.15) is 41.0 Å². The van der Waals surface area contributed by atoms with Gasteiger partial charge in [-0.1, -0.05) is 59.1 Å². The van der Waals surface area contributed by atoms with Crippen molar-refractivity contribution >= 4 is 58.2 Å². The van der Waals surface area contributed by atoms with Gasteiger partial charge in [-0.15, -0.1) is 0 Å². The second-order valence-corrected chi connectivity index (χ2v) is 15.4. The number of alkyl halides is 6. The van der Waals surface area contributed by atoms with Gasteiger partial charge in [0.25, 0.3) is 11.8 Å². The zero-order valence-corrected chi connectivity index (χ0v) is 31.4. The third kappa shape index (κ3) is 6.08. The maximum absolute atomic E-state index is 15.3. The lowest BCUT2D eigenvalue weighted by Gasteiger charge is -2.50. The number of aromatic hydroxyl groups is 1. The van der Waals surface area contributed by atoms with Crippen LogP contribution in [0.4, 0.5) is 37.7 Å². The average molecular weight is 845 g/mol. The molecule has 0 bridgehead atoms. The molecule has 0 radical (unpaired) electrons. The fourth-order valence-corrected chi connectivity index (χ4v) is 9.66. The molecule has 4 aromatic rings. The molecule has 300 valence electrons.